The van der Waals surface area contributed by atoms with Gasteiger partial charge >= 0.3 is 0 Å². The van der Waals surface area contributed by atoms with E-state index in [2.05, 4.69) is 20.5 Å². The molecule has 2 rings (SSSR count). The van der Waals surface area contributed by atoms with E-state index in [1.54, 1.807) is 6.20 Å². The third-order valence-electron chi connectivity index (χ3n) is 2.19. The van der Waals surface area contributed by atoms with E-state index in [-0.39, 0.29) is 0 Å². The molecule has 76 valence electrons. The van der Waals surface area contributed by atoms with Gasteiger partial charge in [0.2, 0.25) is 5.95 Å². The van der Waals surface area contributed by atoms with Crippen LogP contribution in [0.15, 0.2) is 6.20 Å². The van der Waals surface area contributed by atoms with Crippen molar-refractivity contribution in [2.75, 3.05) is 18.5 Å². The van der Waals surface area contributed by atoms with E-state index < -0.39 is 0 Å². The summed E-state index contributed by atoms with van der Waals surface area (Å²) >= 11 is 0. The van der Waals surface area contributed by atoms with Gasteiger partial charge in [0.05, 0.1) is 18.0 Å². The van der Waals surface area contributed by atoms with Crippen LogP contribution in [0.4, 0.5) is 5.95 Å². The van der Waals surface area contributed by atoms with Gasteiger partial charge in [0.1, 0.15) is 0 Å². The van der Waals surface area contributed by atoms with Crippen molar-refractivity contribution in [3.63, 3.8) is 0 Å². The van der Waals surface area contributed by atoms with Gasteiger partial charge < -0.3 is 10.1 Å². The summed E-state index contributed by atoms with van der Waals surface area (Å²) in [6.45, 7) is 3.54. The largest absolute Gasteiger partial charge is 0.376 e. The molecule has 14 heavy (non-hydrogen) atoms. The van der Waals surface area contributed by atoms with Crippen LogP contribution >= 0.6 is 0 Å². The Morgan fingerprint density at radius 2 is 2.57 bits per heavy atom. The normalized spacial score (nSPS) is 21.1. The monoisotopic (exact) mass is 194 g/mol. The highest BCUT2D eigenvalue weighted by atomic mass is 16.5. The Morgan fingerprint density at radius 1 is 1.64 bits per heavy atom. The number of nitrogens with zero attached hydrogens (tertiary/aromatic N) is 3. The SMILES string of the molecule is Cc1cnnc(NC[C@H]2CCCO2)n1. The highest BCUT2D eigenvalue weighted by molar-refractivity contribution is 5.22. The summed E-state index contributed by atoms with van der Waals surface area (Å²) in [5.74, 6) is 0.584. The van der Waals surface area contributed by atoms with E-state index in [9.17, 15) is 0 Å². The van der Waals surface area contributed by atoms with Crippen LogP contribution in [0.1, 0.15) is 18.5 Å². The standard InChI is InChI=1S/C9H14N4O/c1-7-5-11-13-9(12-7)10-6-8-3-2-4-14-8/h5,8H,2-4,6H2,1H3,(H,10,12,13)/t8-/m1/s1. The van der Waals surface area contributed by atoms with Crippen molar-refractivity contribution in [1.29, 1.82) is 0 Å². The zero-order valence-corrected chi connectivity index (χ0v) is 8.23. The molecular formula is C9H14N4O. The molecule has 1 aromatic heterocycles. The number of anilines is 1. The van der Waals surface area contributed by atoms with Gasteiger partial charge in [0.25, 0.3) is 0 Å². The van der Waals surface area contributed by atoms with Crippen LogP contribution in [0.25, 0.3) is 0 Å². The van der Waals surface area contributed by atoms with Crippen molar-refractivity contribution in [3.05, 3.63) is 11.9 Å². The Labute approximate surface area is 82.9 Å². The van der Waals surface area contributed by atoms with E-state index in [1.807, 2.05) is 6.92 Å². The average molecular weight is 194 g/mol. The minimum Gasteiger partial charge on any atom is -0.376 e. The van der Waals surface area contributed by atoms with Crippen molar-refractivity contribution in [2.24, 2.45) is 0 Å². The molecule has 0 unspecified atom stereocenters. The number of hydrogen-bond donors (Lipinski definition) is 1. The predicted octanol–water partition coefficient (Wildman–Crippen LogP) is 0.771. The number of aromatic nitrogens is 3. The fourth-order valence-electron chi connectivity index (χ4n) is 1.47. The quantitative estimate of drug-likeness (QED) is 0.770. The lowest BCUT2D eigenvalue weighted by molar-refractivity contribution is 0.120. The van der Waals surface area contributed by atoms with E-state index in [4.69, 9.17) is 4.74 Å². The van der Waals surface area contributed by atoms with Gasteiger partial charge in [-0.25, -0.2) is 4.98 Å². The fraction of sp³-hybridized carbons (Fsp3) is 0.667. The Bertz CT molecular complexity index is 299. The summed E-state index contributed by atoms with van der Waals surface area (Å²) in [5.41, 5.74) is 0.870. The molecule has 2 heterocycles. The molecule has 1 atom stereocenters. The summed E-state index contributed by atoms with van der Waals surface area (Å²) in [5, 5.41) is 10.8. The van der Waals surface area contributed by atoms with Gasteiger partial charge in [-0.3, -0.25) is 0 Å². The smallest absolute Gasteiger partial charge is 0.243 e. The molecule has 1 N–H and O–H groups in total. The van der Waals surface area contributed by atoms with Gasteiger partial charge in [-0.1, -0.05) is 0 Å². The Hall–Kier alpha value is -1.23. The lowest BCUT2D eigenvalue weighted by atomic mass is 10.2. The van der Waals surface area contributed by atoms with Crippen LogP contribution in [-0.2, 0) is 4.74 Å². The van der Waals surface area contributed by atoms with Gasteiger partial charge in [0.15, 0.2) is 0 Å². The van der Waals surface area contributed by atoms with Gasteiger partial charge in [-0.15, -0.1) is 5.10 Å². The Balaban J connectivity index is 1.85. The highest BCUT2D eigenvalue weighted by Gasteiger charge is 2.15. The number of hydrogen-bond acceptors (Lipinski definition) is 5. The summed E-state index contributed by atoms with van der Waals surface area (Å²) in [6.07, 6.45) is 4.21. The zero-order chi connectivity index (χ0) is 9.80. The van der Waals surface area contributed by atoms with Crippen molar-refractivity contribution in [2.45, 2.75) is 25.9 Å². The topological polar surface area (TPSA) is 59.9 Å². The molecule has 0 aromatic carbocycles. The Kier molecular flexibility index (Phi) is 2.88. The molecule has 0 spiro atoms. The predicted molar refractivity (Wildman–Crippen MR) is 52.0 cm³/mol. The van der Waals surface area contributed by atoms with Crippen LogP contribution in [0.5, 0.6) is 0 Å². The molecule has 5 nitrogen and oxygen atoms in total. The molecule has 0 bridgehead atoms. The van der Waals surface area contributed by atoms with Crippen molar-refractivity contribution < 1.29 is 4.74 Å². The first-order chi connectivity index (χ1) is 6.84. The van der Waals surface area contributed by atoms with E-state index >= 15 is 0 Å². The van der Waals surface area contributed by atoms with Crippen LogP contribution in [-0.4, -0.2) is 34.4 Å². The van der Waals surface area contributed by atoms with Gasteiger partial charge in [-0.2, -0.15) is 5.10 Å². The molecule has 0 amide bonds. The third kappa shape index (κ3) is 2.38. The Morgan fingerprint density at radius 3 is 3.29 bits per heavy atom. The summed E-state index contributed by atoms with van der Waals surface area (Å²) < 4.78 is 5.47. The molecule has 0 radical (unpaired) electrons. The van der Waals surface area contributed by atoms with Crippen LogP contribution in [0.3, 0.4) is 0 Å². The first-order valence-electron chi connectivity index (χ1n) is 4.86. The van der Waals surface area contributed by atoms with E-state index in [0.29, 0.717) is 12.1 Å². The second-order valence-electron chi connectivity index (χ2n) is 3.44. The zero-order valence-electron chi connectivity index (χ0n) is 8.23. The fourth-order valence-corrected chi connectivity index (χ4v) is 1.47. The minimum absolute atomic E-state index is 0.305. The van der Waals surface area contributed by atoms with Gasteiger partial charge in [0, 0.05) is 13.2 Å². The average Bonchev–Trinajstić information content (AvgIpc) is 2.67. The number of aryl methyl sites for hydroxylation is 1. The molecule has 5 heteroatoms. The van der Waals surface area contributed by atoms with Gasteiger partial charge in [-0.05, 0) is 19.8 Å². The maximum Gasteiger partial charge on any atom is 0.243 e. The van der Waals surface area contributed by atoms with Crippen molar-refractivity contribution in [3.8, 4) is 0 Å². The highest BCUT2D eigenvalue weighted by Crippen LogP contribution is 2.11. The summed E-state index contributed by atoms with van der Waals surface area (Å²) in [7, 11) is 0. The molecule has 1 aliphatic rings. The molecule has 1 aliphatic heterocycles. The van der Waals surface area contributed by atoms with Crippen molar-refractivity contribution in [1.82, 2.24) is 15.2 Å². The summed E-state index contributed by atoms with van der Waals surface area (Å²) in [4.78, 5) is 4.19. The maximum atomic E-state index is 5.47. The number of rotatable bonds is 3. The molecule has 1 fully saturated rings. The van der Waals surface area contributed by atoms with Crippen LogP contribution < -0.4 is 5.32 Å². The molecular weight excluding hydrogens is 180 g/mol. The van der Waals surface area contributed by atoms with Crippen molar-refractivity contribution >= 4 is 5.95 Å². The third-order valence-corrected chi connectivity index (χ3v) is 2.19. The summed E-state index contributed by atoms with van der Waals surface area (Å²) in [6, 6.07) is 0. The number of nitrogens with one attached hydrogen (secondary N) is 1. The maximum absolute atomic E-state index is 5.47. The number of ether oxygens (including phenoxy) is 1. The van der Waals surface area contributed by atoms with E-state index in [0.717, 1.165) is 31.7 Å². The van der Waals surface area contributed by atoms with Crippen LogP contribution in [0, 0.1) is 6.92 Å². The van der Waals surface area contributed by atoms with E-state index in [1.165, 1.54) is 0 Å². The molecule has 1 aromatic rings. The second kappa shape index (κ2) is 4.32. The first-order valence-corrected chi connectivity index (χ1v) is 4.86. The molecule has 1 saturated heterocycles. The molecule has 0 saturated carbocycles. The second-order valence-corrected chi connectivity index (χ2v) is 3.44. The minimum atomic E-state index is 0.305. The lowest BCUT2D eigenvalue weighted by Gasteiger charge is -2.09. The molecule has 0 aliphatic carbocycles. The first kappa shape index (κ1) is 9.33. The lowest BCUT2D eigenvalue weighted by Crippen LogP contribution is -2.19. The van der Waals surface area contributed by atoms with Crippen LogP contribution in [0.2, 0.25) is 0 Å².